The van der Waals surface area contributed by atoms with Crippen LogP contribution in [0.4, 0.5) is 0 Å². The molecule has 0 heterocycles. The molecule has 1 fully saturated rings. The number of allylic oxidation sites excluding steroid dienone is 2. The lowest BCUT2D eigenvalue weighted by Crippen LogP contribution is -1.94. The van der Waals surface area contributed by atoms with E-state index in [4.69, 9.17) is 0 Å². The summed E-state index contributed by atoms with van der Waals surface area (Å²) in [5.74, 6) is 2.01. The summed E-state index contributed by atoms with van der Waals surface area (Å²) in [6, 6.07) is 0. The van der Waals surface area contributed by atoms with Gasteiger partial charge < -0.3 is 0 Å². The van der Waals surface area contributed by atoms with Crippen LogP contribution in [0.5, 0.6) is 0 Å². The van der Waals surface area contributed by atoms with Gasteiger partial charge in [0.25, 0.3) is 0 Å². The van der Waals surface area contributed by atoms with Gasteiger partial charge in [0, 0.05) is 0 Å². The van der Waals surface area contributed by atoms with Gasteiger partial charge in [-0.15, -0.1) is 0 Å². The topological polar surface area (TPSA) is 0 Å². The van der Waals surface area contributed by atoms with Gasteiger partial charge in [-0.25, -0.2) is 0 Å². The molecule has 0 aromatic rings. The highest BCUT2D eigenvalue weighted by molar-refractivity contribution is 5.15. The van der Waals surface area contributed by atoms with Gasteiger partial charge in [0.05, 0.1) is 0 Å². The molecule has 0 unspecified atom stereocenters. The zero-order valence-electron chi connectivity index (χ0n) is 5.14. The van der Waals surface area contributed by atoms with Crippen molar-refractivity contribution >= 4 is 0 Å². The highest BCUT2D eigenvalue weighted by Gasteiger charge is 2.25. The first kappa shape index (κ1) is 4.60. The molecule has 0 spiro atoms. The molecule has 0 atom stereocenters. The third-order valence-electron chi connectivity index (χ3n) is 2.36. The summed E-state index contributed by atoms with van der Waals surface area (Å²) in [6.07, 6.45) is 10.7. The largest absolute Gasteiger partial charge is 0.0807 e. The highest BCUT2D eigenvalue weighted by Crippen LogP contribution is 2.38. The lowest BCUT2D eigenvalue weighted by molar-refractivity contribution is 0.509. The molecule has 0 radical (unpaired) electrons. The van der Waals surface area contributed by atoms with Gasteiger partial charge in [-0.05, 0) is 24.7 Å². The van der Waals surface area contributed by atoms with Crippen molar-refractivity contribution in [3.63, 3.8) is 0 Å². The fraction of sp³-hybridized carbons (Fsp3) is 0.750. The van der Waals surface area contributed by atoms with Crippen LogP contribution in [0.25, 0.3) is 0 Å². The molecule has 0 aromatic carbocycles. The van der Waals surface area contributed by atoms with Gasteiger partial charge in [-0.1, -0.05) is 25.0 Å². The maximum absolute atomic E-state index is 2.34. The average molecular weight is 108 g/mol. The summed E-state index contributed by atoms with van der Waals surface area (Å²) in [7, 11) is 0. The van der Waals surface area contributed by atoms with E-state index in [9.17, 15) is 0 Å². The standard InChI is InChI=1S/C8H12/c1-2-4-7(3-1)8-5-6-8/h5-8H,1-4H2. The molecular formula is C8H12. The minimum Gasteiger partial charge on any atom is -0.0807 e. The van der Waals surface area contributed by atoms with Crippen molar-refractivity contribution in [2.75, 3.05) is 0 Å². The van der Waals surface area contributed by atoms with E-state index in [1.807, 2.05) is 0 Å². The predicted octanol–water partition coefficient (Wildman–Crippen LogP) is 2.36. The Hall–Kier alpha value is -0.260. The van der Waals surface area contributed by atoms with Crippen molar-refractivity contribution in [3.05, 3.63) is 12.2 Å². The van der Waals surface area contributed by atoms with Crippen LogP contribution in [0.15, 0.2) is 12.2 Å². The Balaban J connectivity index is 1.87. The summed E-state index contributed by atoms with van der Waals surface area (Å²) >= 11 is 0. The summed E-state index contributed by atoms with van der Waals surface area (Å²) in [5.41, 5.74) is 0. The molecule has 0 amide bonds. The Morgan fingerprint density at radius 1 is 1.00 bits per heavy atom. The molecule has 0 saturated heterocycles. The van der Waals surface area contributed by atoms with E-state index in [0.717, 1.165) is 11.8 Å². The molecule has 8 heavy (non-hydrogen) atoms. The molecule has 0 bridgehead atoms. The van der Waals surface area contributed by atoms with Crippen LogP contribution < -0.4 is 0 Å². The van der Waals surface area contributed by atoms with Crippen LogP contribution in [0.3, 0.4) is 0 Å². The molecule has 0 nitrogen and oxygen atoms in total. The van der Waals surface area contributed by atoms with Crippen LogP contribution in [0, 0.1) is 11.8 Å². The summed E-state index contributed by atoms with van der Waals surface area (Å²) < 4.78 is 0. The van der Waals surface area contributed by atoms with E-state index in [0.29, 0.717) is 0 Å². The fourth-order valence-electron chi connectivity index (χ4n) is 1.72. The molecule has 0 heteroatoms. The van der Waals surface area contributed by atoms with Crippen LogP contribution >= 0.6 is 0 Å². The summed E-state index contributed by atoms with van der Waals surface area (Å²) in [4.78, 5) is 0. The van der Waals surface area contributed by atoms with Crippen LogP contribution in [0.1, 0.15) is 25.7 Å². The summed E-state index contributed by atoms with van der Waals surface area (Å²) in [5, 5.41) is 0. The van der Waals surface area contributed by atoms with Crippen molar-refractivity contribution in [2.45, 2.75) is 25.7 Å². The molecule has 0 aromatic heterocycles. The van der Waals surface area contributed by atoms with Crippen LogP contribution in [0.2, 0.25) is 0 Å². The van der Waals surface area contributed by atoms with E-state index >= 15 is 0 Å². The minimum absolute atomic E-state index is 0.942. The second kappa shape index (κ2) is 1.61. The summed E-state index contributed by atoms with van der Waals surface area (Å²) in [6.45, 7) is 0. The number of hydrogen-bond donors (Lipinski definition) is 0. The Morgan fingerprint density at radius 2 is 1.62 bits per heavy atom. The van der Waals surface area contributed by atoms with E-state index in [1.165, 1.54) is 25.7 Å². The Bertz CT molecular complexity index is 101. The number of rotatable bonds is 1. The molecular weight excluding hydrogens is 96.1 g/mol. The third kappa shape index (κ3) is 0.683. The quantitative estimate of drug-likeness (QED) is 0.452. The van der Waals surface area contributed by atoms with Crippen molar-refractivity contribution in [1.82, 2.24) is 0 Å². The Kier molecular flexibility index (Phi) is 0.927. The lowest BCUT2D eigenvalue weighted by Gasteiger charge is -2.03. The van der Waals surface area contributed by atoms with Gasteiger partial charge in [-0.2, -0.15) is 0 Å². The van der Waals surface area contributed by atoms with E-state index < -0.39 is 0 Å². The average Bonchev–Trinajstić information content (AvgIpc) is 2.49. The minimum atomic E-state index is 0.942. The van der Waals surface area contributed by atoms with Gasteiger partial charge in [-0.3, -0.25) is 0 Å². The SMILES string of the molecule is C1=CC1C1CCCC1. The molecule has 2 aliphatic carbocycles. The Morgan fingerprint density at radius 3 is 2.12 bits per heavy atom. The zero-order chi connectivity index (χ0) is 5.40. The molecule has 44 valence electrons. The normalized spacial score (nSPS) is 29.5. The Labute approximate surface area is 50.6 Å². The maximum Gasteiger partial charge on any atom is -0.00248 e. The van der Waals surface area contributed by atoms with Crippen molar-refractivity contribution < 1.29 is 0 Å². The van der Waals surface area contributed by atoms with Gasteiger partial charge in [0.1, 0.15) is 0 Å². The molecule has 2 aliphatic rings. The van der Waals surface area contributed by atoms with E-state index in [2.05, 4.69) is 12.2 Å². The first-order chi connectivity index (χ1) is 3.97. The van der Waals surface area contributed by atoms with Gasteiger partial charge in [0.15, 0.2) is 0 Å². The third-order valence-corrected chi connectivity index (χ3v) is 2.36. The zero-order valence-corrected chi connectivity index (χ0v) is 5.14. The molecule has 0 N–H and O–H groups in total. The second-order valence-electron chi connectivity index (χ2n) is 3.01. The first-order valence-corrected chi connectivity index (χ1v) is 3.65. The lowest BCUT2D eigenvalue weighted by atomic mass is 10.0. The van der Waals surface area contributed by atoms with Crippen molar-refractivity contribution in [1.29, 1.82) is 0 Å². The predicted molar refractivity (Wildman–Crippen MR) is 34.6 cm³/mol. The number of hydrogen-bond acceptors (Lipinski definition) is 0. The second-order valence-corrected chi connectivity index (χ2v) is 3.01. The van der Waals surface area contributed by atoms with Gasteiger partial charge >= 0.3 is 0 Å². The van der Waals surface area contributed by atoms with Crippen LogP contribution in [-0.2, 0) is 0 Å². The smallest absolute Gasteiger partial charge is 0.00248 e. The highest BCUT2D eigenvalue weighted by atomic mass is 14.3. The van der Waals surface area contributed by atoms with Crippen molar-refractivity contribution in [3.8, 4) is 0 Å². The molecule has 1 saturated carbocycles. The van der Waals surface area contributed by atoms with Crippen molar-refractivity contribution in [2.24, 2.45) is 11.8 Å². The van der Waals surface area contributed by atoms with Crippen LogP contribution in [-0.4, -0.2) is 0 Å². The first-order valence-electron chi connectivity index (χ1n) is 3.65. The van der Waals surface area contributed by atoms with E-state index in [-0.39, 0.29) is 0 Å². The van der Waals surface area contributed by atoms with E-state index in [1.54, 1.807) is 0 Å². The monoisotopic (exact) mass is 108 g/mol. The maximum atomic E-state index is 2.34. The molecule has 0 aliphatic heterocycles. The van der Waals surface area contributed by atoms with Gasteiger partial charge in [0.2, 0.25) is 0 Å². The molecule has 2 rings (SSSR count). The fourth-order valence-corrected chi connectivity index (χ4v) is 1.72.